The number of urea groups is 1. The smallest absolute Gasteiger partial charge is 0.319 e. The van der Waals surface area contributed by atoms with Crippen molar-refractivity contribution in [3.63, 3.8) is 0 Å². The van der Waals surface area contributed by atoms with Crippen molar-refractivity contribution >= 4 is 22.5 Å². The minimum Gasteiger partial charge on any atom is -0.491 e. The van der Waals surface area contributed by atoms with Crippen LogP contribution in [0, 0.1) is 0 Å². The molecule has 2 heterocycles. The van der Waals surface area contributed by atoms with Crippen molar-refractivity contribution in [1.29, 1.82) is 0 Å². The number of amides is 2. The molecule has 0 aliphatic carbocycles. The second-order valence-corrected chi connectivity index (χ2v) is 5.82. The highest BCUT2D eigenvalue weighted by atomic mass is 16.5. The molecule has 0 saturated heterocycles. The average molecular weight is 319 g/mol. The van der Waals surface area contributed by atoms with Crippen LogP contribution in [0.15, 0.2) is 60.9 Å². The summed E-state index contributed by atoms with van der Waals surface area (Å²) in [4.78, 5) is 16.4. The zero-order chi connectivity index (χ0) is 16.4. The van der Waals surface area contributed by atoms with Gasteiger partial charge >= 0.3 is 6.03 Å². The van der Waals surface area contributed by atoms with E-state index in [1.165, 1.54) is 0 Å². The van der Waals surface area contributed by atoms with E-state index in [0.29, 0.717) is 6.61 Å². The minimum atomic E-state index is -0.229. The standard InChI is InChI=1S/C19H17N3O2/c23-19(21-15-10-13-4-1-2-7-18(13)24-12-15)22-17-6-3-5-14-11-20-9-8-16(14)17/h1-9,11,15H,10,12H2,(H2,21,22,23). The molecule has 0 spiro atoms. The van der Waals surface area contributed by atoms with Crippen LogP contribution in [0.4, 0.5) is 10.5 Å². The van der Waals surface area contributed by atoms with E-state index in [-0.39, 0.29) is 12.1 Å². The number of carbonyl (C=O) groups is 1. The van der Waals surface area contributed by atoms with Crippen LogP contribution in [0.25, 0.3) is 10.8 Å². The maximum Gasteiger partial charge on any atom is 0.319 e. The third kappa shape index (κ3) is 2.88. The fraction of sp³-hybridized carbons (Fsp3) is 0.158. The van der Waals surface area contributed by atoms with Crippen LogP contribution in [0.2, 0.25) is 0 Å². The lowest BCUT2D eigenvalue weighted by Crippen LogP contribution is -2.44. The van der Waals surface area contributed by atoms with Gasteiger partial charge in [-0.2, -0.15) is 0 Å². The van der Waals surface area contributed by atoms with E-state index in [1.54, 1.807) is 12.4 Å². The normalized spacial score (nSPS) is 16.1. The monoisotopic (exact) mass is 319 g/mol. The first-order chi connectivity index (χ1) is 11.8. The Hall–Kier alpha value is -3.08. The van der Waals surface area contributed by atoms with Crippen LogP contribution < -0.4 is 15.4 Å². The van der Waals surface area contributed by atoms with E-state index < -0.39 is 0 Å². The molecule has 2 N–H and O–H groups in total. The van der Waals surface area contributed by atoms with Crippen molar-refractivity contribution in [2.24, 2.45) is 0 Å². The summed E-state index contributed by atoms with van der Waals surface area (Å²) in [6.45, 7) is 0.476. The van der Waals surface area contributed by atoms with E-state index in [4.69, 9.17) is 4.74 Å². The molecule has 24 heavy (non-hydrogen) atoms. The number of ether oxygens (including phenoxy) is 1. The summed E-state index contributed by atoms with van der Waals surface area (Å²) in [7, 11) is 0. The lowest BCUT2D eigenvalue weighted by Gasteiger charge is -2.26. The summed E-state index contributed by atoms with van der Waals surface area (Å²) in [5, 5.41) is 7.86. The molecule has 1 aliphatic heterocycles. The predicted octanol–water partition coefficient (Wildman–Crippen LogP) is 3.36. The molecular weight excluding hydrogens is 302 g/mol. The highest BCUT2D eigenvalue weighted by molar-refractivity contribution is 6.01. The molecular formula is C19H17N3O2. The number of anilines is 1. The number of nitrogens with zero attached hydrogens (tertiary/aromatic N) is 1. The van der Waals surface area contributed by atoms with Gasteiger partial charge in [-0.05, 0) is 30.2 Å². The average Bonchev–Trinajstić information content (AvgIpc) is 2.62. The van der Waals surface area contributed by atoms with Crippen molar-refractivity contribution in [2.75, 3.05) is 11.9 Å². The summed E-state index contributed by atoms with van der Waals surface area (Å²) < 4.78 is 5.71. The molecule has 0 fully saturated rings. The number of hydrogen-bond donors (Lipinski definition) is 2. The number of hydrogen-bond acceptors (Lipinski definition) is 3. The molecule has 5 nitrogen and oxygen atoms in total. The van der Waals surface area contributed by atoms with Crippen molar-refractivity contribution < 1.29 is 9.53 Å². The fourth-order valence-corrected chi connectivity index (χ4v) is 3.00. The van der Waals surface area contributed by atoms with Crippen molar-refractivity contribution in [3.8, 4) is 5.75 Å². The van der Waals surface area contributed by atoms with Gasteiger partial charge in [0.05, 0.1) is 11.7 Å². The number of nitrogens with one attached hydrogen (secondary N) is 2. The number of aromatic nitrogens is 1. The summed E-state index contributed by atoms with van der Waals surface area (Å²) in [6.07, 6.45) is 4.27. The van der Waals surface area contributed by atoms with Gasteiger partial charge in [0.15, 0.2) is 0 Å². The highest BCUT2D eigenvalue weighted by Gasteiger charge is 2.21. The first-order valence-corrected chi connectivity index (χ1v) is 7.90. The van der Waals surface area contributed by atoms with E-state index >= 15 is 0 Å². The van der Waals surface area contributed by atoms with Crippen molar-refractivity contribution in [1.82, 2.24) is 10.3 Å². The Morgan fingerprint density at radius 2 is 2.04 bits per heavy atom. The Bertz CT molecular complexity index is 889. The van der Waals surface area contributed by atoms with Gasteiger partial charge in [0.2, 0.25) is 0 Å². The largest absolute Gasteiger partial charge is 0.491 e. The summed E-state index contributed by atoms with van der Waals surface area (Å²) in [5.41, 5.74) is 1.88. The molecule has 0 bridgehead atoms. The van der Waals surface area contributed by atoms with Crippen LogP contribution in [-0.4, -0.2) is 23.7 Å². The SMILES string of the molecule is O=C(Nc1cccc2cnccc12)NC1COc2ccccc2C1. The van der Waals surface area contributed by atoms with Crippen molar-refractivity contribution in [3.05, 3.63) is 66.5 Å². The van der Waals surface area contributed by atoms with Gasteiger partial charge in [-0.3, -0.25) is 4.98 Å². The van der Waals surface area contributed by atoms with Gasteiger partial charge in [-0.1, -0.05) is 30.3 Å². The zero-order valence-electron chi connectivity index (χ0n) is 13.0. The third-order valence-electron chi connectivity index (χ3n) is 4.14. The van der Waals surface area contributed by atoms with E-state index in [2.05, 4.69) is 15.6 Å². The van der Waals surface area contributed by atoms with Gasteiger partial charge in [0.1, 0.15) is 12.4 Å². The molecule has 120 valence electrons. The van der Waals surface area contributed by atoms with Crippen LogP contribution in [-0.2, 0) is 6.42 Å². The lowest BCUT2D eigenvalue weighted by molar-refractivity contribution is 0.222. The molecule has 0 saturated carbocycles. The minimum absolute atomic E-state index is 0.0449. The topological polar surface area (TPSA) is 63.2 Å². The first kappa shape index (κ1) is 14.5. The Balaban J connectivity index is 1.46. The maximum atomic E-state index is 12.3. The Morgan fingerprint density at radius 1 is 1.12 bits per heavy atom. The fourth-order valence-electron chi connectivity index (χ4n) is 3.00. The van der Waals surface area contributed by atoms with Gasteiger partial charge in [0.25, 0.3) is 0 Å². The summed E-state index contributed by atoms with van der Waals surface area (Å²) in [5.74, 6) is 0.900. The summed E-state index contributed by atoms with van der Waals surface area (Å²) >= 11 is 0. The first-order valence-electron chi connectivity index (χ1n) is 7.90. The predicted molar refractivity (Wildman–Crippen MR) is 93.3 cm³/mol. The van der Waals surface area contributed by atoms with Gasteiger partial charge in [0, 0.05) is 23.2 Å². The zero-order valence-corrected chi connectivity index (χ0v) is 13.0. The van der Waals surface area contributed by atoms with Gasteiger partial charge in [-0.15, -0.1) is 0 Å². The maximum absolute atomic E-state index is 12.3. The molecule has 2 aromatic carbocycles. The Labute approximate surface area is 139 Å². The second kappa shape index (κ2) is 6.20. The van der Waals surface area contributed by atoms with Crippen LogP contribution >= 0.6 is 0 Å². The highest BCUT2D eigenvalue weighted by Crippen LogP contribution is 2.24. The third-order valence-corrected chi connectivity index (χ3v) is 4.14. The number of para-hydroxylation sites is 1. The molecule has 1 aliphatic rings. The van der Waals surface area contributed by atoms with Crippen LogP contribution in [0.5, 0.6) is 5.75 Å². The van der Waals surface area contributed by atoms with Gasteiger partial charge in [-0.25, -0.2) is 4.79 Å². The Morgan fingerprint density at radius 3 is 3.00 bits per heavy atom. The quantitative estimate of drug-likeness (QED) is 0.761. The van der Waals surface area contributed by atoms with Crippen LogP contribution in [0.1, 0.15) is 5.56 Å². The Kier molecular flexibility index (Phi) is 3.75. The number of rotatable bonds is 2. The van der Waals surface area contributed by atoms with E-state index in [1.807, 2.05) is 48.5 Å². The van der Waals surface area contributed by atoms with E-state index in [9.17, 15) is 4.79 Å². The molecule has 5 heteroatoms. The molecule has 3 aromatic rings. The second-order valence-electron chi connectivity index (χ2n) is 5.82. The number of fused-ring (bicyclic) bond motifs is 2. The van der Waals surface area contributed by atoms with Crippen molar-refractivity contribution in [2.45, 2.75) is 12.5 Å². The van der Waals surface area contributed by atoms with Crippen LogP contribution in [0.3, 0.4) is 0 Å². The number of carbonyl (C=O) groups excluding carboxylic acids is 1. The van der Waals surface area contributed by atoms with E-state index in [0.717, 1.165) is 34.2 Å². The molecule has 4 rings (SSSR count). The molecule has 1 aromatic heterocycles. The molecule has 0 radical (unpaired) electrons. The lowest BCUT2D eigenvalue weighted by atomic mass is 10.0. The van der Waals surface area contributed by atoms with Gasteiger partial charge < -0.3 is 15.4 Å². The molecule has 1 unspecified atom stereocenters. The summed E-state index contributed by atoms with van der Waals surface area (Å²) in [6, 6.07) is 15.3. The molecule has 1 atom stereocenters. The molecule has 2 amide bonds. The number of pyridine rings is 1. The number of benzene rings is 2.